The van der Waals surface area contributed by atoms with E-state index in [2.05, 4.69) is 10.6 Å². The highest BCUT2D eigenvalue weighted by atomic mass is 35.5. The molecule has 0 aromatic heterocycles. The maximum absolute atomic E-state index is 13.5. The summed E-state index contributed by atoms with van der Waals surface area (Å²) in [6.07, 6.45) is -4.45. The van der Waals surface area contributed by atoms with Crippen molar-refractivity contribution >= 4 is 64.4 Å². The SMILES string of the molecule is NCCCOc1cc2ccccc2cc1C(=O)NCCOc1cc2ccccc2cc1C(=O)Nc1ccc(Cl)cc1OP(=O)(O)O.O=C(O)C(F)(F)F. The van der Waals surface area contributed by atoms with Crippen LogP contribution in [0.2, 0.25) is 5.02 Å². The normalized spacial score (nSPS) is 11.3. The van der Waals surface area contributed by atoms with E-state index in [1.165, 1.54) is 18.2 Å². The highest BCUT2D eigenvalue weighted by Gasteiger charge is 2.38. The number of benzene rings is 5. The summed E-state index contributed by atoms with van der Waals surface area (Å²) in [7, 11) is -4.95. The van der Waals surface area contributed by atoms with E-state index in [0.717, 1.165) is 21.5 Å². The van der Waals surface area contributed by atoms with Crippen molar-refractivity contribution < 1.29 is 61.0 Å². The second kappa shape index (κ2) is 17.9. The first-order chi connectivity index (χ1) is 25.1. The molecule has 13 nitrogen and oxygen atoms in total. The molecular formula is C35H32ClF3N3O10P. The number of anilines is 1. The van der Waals surface area contributed by atoms with E-state index in [9.17, 15) is 37.1 Å². The Hall–Kier alpha value is -5.38. The molecule has 0 unspecified atom stereocenters. The van der Waals surface area contributed by atoms with Crippen molar-refractivity contribution in [1.29, 1.82) is 0 Å². The molecule has 0 atom stereocenters. The molecular weight excluding hydrogens is 746 g/mol. The number of carboxylic acid groups (broad SMARTS) is 1. The topological polar surface area (TPSA) is 207 Å². The van der Waals surface area contributed by atoms with Crippen molar-refractivity contribution in [1.82, 2.24) is 5.32 Å². The van der Waals surface area contributed by atoms with Crippen LogP contribution in [-0.4, -0.2) is 65.2 Å². The van der Waals surface area contributed by atoms with Crippen LogP contribution in [0.4, 0.5) is 18.9 Å². The quantitative estimate of drug-likeness (QED) is 0.0559. The average Bonchev–Trinajstić information content (AvgIpc) is 3.09. The third-order valence-corrected chi connectivity index (χ3v) is 7.76. The fourth-order valence-electron chi connectivity index (χ4n) is 4.71. The Balaban J connectivity index is 0.000000815. The first kappa shape index (κ1) is 40.4. The van der Waals surface area contributed by atoms with Crippen LogP contribution in [0.25, 0.3) is 21.5 Å². The second-order valence-corrected chi connectivity index (χ2v) is 12.6. The van der Waals surface area contributed by atoms with Crippen molar-refractivity contribution in [2.45, 2.75) is 12.6 Å². The van der Waals surface area contributed by atoms with E-state index in [1.807, 2.05) is 54.6 Å². The zero-order valence-corrected chi connectivity index (χ0v) is 29.1. The molecule has 0 fully saturated rings. The highest BCUT2D eigenvalue weighted by molar-refractivity contribution is 7.46. The van der Waals surface area contributed by atoms with Gasteiger partial charge < -0.3 is 35.5 Å². The van der Waals surface area contributed by atoms with Crippen LogP contribution in [0.1, 0.15) is 27.1 Å². The average molecular weight is 778 g/mol. The number of fused-ring (bicyclic) bond motifs is 2. The lowest BCUT2D eigenvalue weighted by Crippen LogP contribution is -2.29. The summed E-state index contributed by atoms with van der Waals surface area (Å²) in [6.45, 7) is 0.964. The Kier molecular flexibility index (Phi) is 13.6. The van der Waals surface area contributed by atoms with E-state index in [-0.39, 0.29) is 46.8 Å². The number of hydrogen-bond donors (Lipinski definition) is 6. The molecule has 280 valence electrons. The molecule has 0 aliphatic rings. The molecule has 0 radical (unpaired) electrons. The Labute approximate surface area is 304 Å². The summed E-state index contributed by atoms with van der Waals surface area (Å²) in [5.41, 5.74) is 6.11. The lowest BCUT2D eigenvalue weighted by atomic mass is 10.0. The van der Waals surface area contributed by atoms with Gasteiger partial charge in [-0.2, -0.15) is 13.2 Å². The maximum Gasteiger partial charge on any atom is 0.524 e. The molecule has 5 rings (SSSR count). The first-order valence-electron chi connectivity index (χ1n) is 15.5. The number of nitrogens with two attached hydrogens (primary N) is 1. The van der Waals surface area contributed by atoms with Gasteiger partial charge in [0.2, 0.25) is 0 Å². The maximum atomic E-state index is 13.5. The molecule has 0 bridgehead atoms. The van der Waals surface area contributed by atoms with E-state index in [1.54, 1.807) is 18.2 Å². The number of phosphoric ester groups is 1. The molecule has 0 aliphatic carbocycles. The number of rotatable bonds is 13. The second-order valence-electron chi connectivity index (χ2n) is 11.0. The van der Waals surface area contributed by atoms with Gasteiger partial charge in [-0.1, -0.05) is 60.1 Å². The van der Waals surface area contributed by atoms with Crippen molar-refractivity contribution in [3.05, 3.63) is 107 Å². The molecule has 18 heteroatoms. The number of carboxylic acids is 1. The van der Waals surface area contributed by atoms with Gasteiger partial charge in [-0.25, -0.2) is 9.36 Å². The molecule has 0 saturated heterocycles. The van der Waals surface area contributed by atoms with Crippen LogP contribution in [0, 0.1) is 0 Å². The zero-order chi connectivity index (χ0) is 38.8. The Morgan fingerprint density at radius 3 is 1.74 bits per heavy atom. The van der Waals surface area contributed by atoms with Gasteiger partial charge in [-0.05, 0) is 70.9 Å². The summed E-state index contributed by atoms with van der Waals surface area (Å²) in [5.74, 6) is -3.36. The van der Waals surface area contributed by atoms with Crippen LogP contribution in [0.3, 0.4) is 0 Å². The Morgan fingerprint density at radius 1 is 0.755 bits per heavy atom. The van der Waals surface area contributed by atoms with Crippen LogP contribution in [0.15, 0.2) is 91.0 Å². The fourth-order valence-corrected chi connectivity index (χ4v) is 5.28. The van der Waals surface area contributed by atoms with Gasteiger partial charge in [0.25, 0.3) is 11.8 Å². The molecule has 2 amide bonds. The largest absolute Gasteiger partial charge is 0.524 e. The number of amides is 2. The summed E-state index contributed by atoms with van der Waals surface area (Å²) in [6, 6.07) is 26.0. The van der Waals surface area contributed by atoms with E-state index < -0.39 is 25.9 Å². The van der Waals surface area contributed by atoms with Gasteiger partial charge in [-0.3, -0.25) is 19.4 Å². The van der Waals surface area contributed by atoms with Crippen molar-refractivity contribution in [3.8, 4) is 17.2 Å². The van der Waals surface area contributed by atoms with Crippen LogP contribution in [0.5, 0.6) is 17.2 Å². The smallest absolute Gasteiger partial charge is 0.493 e. The highest BCUT2D eigenvalue weighted by Crippen LogP contribution is 2.42. The number of alkyl halides is 3. The minimum absolute atomic E-state index is 0.0102. The Bertz CT molecular complexity index is 2160. The Morgan fingerprint density at radius 2 is 1.25 bits per heavy atom. The summed E-state index contributed by atoms with van der Waals surface area (Å²) in [4.78, 5) is 54.3. The van der Waals surface area contributed by atoms with Crippen LogP contribution < -0.4 is 30.4 Å². The number of phosphoric acid groups is 1. The predicted molar refractivity (Wildman–Crippen MR) is 191 cm³/mol. The lowest BCUT2D eigenvalue weighted by molar-refractivity contribution is -0.192. The molecule has 0 heterocycles. The zero-order valence-electron chi connectivity index (χ0n) is 27.4. The number of nitrogens with one attached hydrogen (secondary N) is 2. The van der Waals surface area contributed by atoms with Gasteiger partial charge in [0.15, 0.2) is 5.75 Å². The van der Waals surface area contributed by atoms with Gasteiger partial charge in [0.1, 0.15) is 18.1 Å². The fraction of sp³-hybridized carbons (Fsp3) is 0.171. The molecule has 5 aromatic carbocycles. The number of carbonyl (C=O) groups excluding carboxylic acids is 2. The van der Waals surface area contributed by atoms with Gasteiger partial charge in [0.05, 0.1) is 30.0 Å². The minimum atomic E-state index is -5.08. The predicted octanol–water partition coefficient (Wildman–Crippen LogP) is 6.54. The number of aliphatic carboxylic acids is 1. The third kappa shape index (κ3) is 11.8. The minimum Gasteiger partial charge on any atom is -0.493 e. The third-order valence-electron chi connectivity index (χ3n) is 7.09. The number of halogens is 4. The molecule has 5 aromatic rings. The van der Waals surface area contributed by atoms with E-state index >= 15 is 0 Å². The van der Waals surface area contributed by atoms with Gasteiger partial charge in [0, 0.05) is 11.1 Å². The van der Waals surface area contributed by atoms with Gasteiger partial charge in [-0.15, -0.1) is 0 Å². The summed E-state index contributed by atoms with van der Waals surface area (Å²) < 4.78 is 59.8. The van der Waals surface area contributed by atoms with Crippen molar-refractivity contribution in [3.63, 3.8) is 0 Å². The van der Waals surface area contributed by atoms with E-state index in [4.69, 9.17) is 41.2 Å². The van der Waals surface area contributed by atoms with Crippen molar-refractivity contribution in [2.75, 3.05) is 31.6 Å². The molecule has 7 N–H and O–H groups in total. The summed E-state index contributed by atoms with van der Waals surface area (Å²) in [5, 5.41) is 16.1. The molecule has 53 heavy (non-hydrogen) atoms. The van der Waals surface area contributed by atoms with Crippen molar-refractivity contribution in [2.24, 2.45) is 5.73 Å². The number of carbonyl (C=O) groups is 3. The molecule has 0 saturated carbocycles. The molecule has 0 spiro atoms. The van der Waals surface area contributed by atoms with Crippen LogP contribution >= 0.6 is 19.4 Å². The van der Waals surface area contributed by atoms with Gasteiger partial charge >= 0.3 is 20.0 Å². The number of hydrogen-bond acceptors (Lipinski definition) is 8. The molecule has 0 aliphatic heterocycles. The lowest BCUT2D eigenvalue weighted by Gasteiger charge is -2.16. The standard InChI is InChI=1S/C33H31ClN3O8P.C2HF3O2/c34-25-10-11-28(31(20-25)45-46(40,41)42)37-33(39)27-17-22-7-2-4-9-24(22)19-30(27)44-15-13-36-32(38)26-16-21-6-1-3-8-23(21)18-29(26)43-14-5-12-35;3-2(4,5)1(6)7/h1-4,6-11,16-20H,5,12-15,35H2,(H,36,38)(H,37,39)(H2,40,41,42);(H,6,7). The van der Waals surface area contributed by atoms with E-state index in [0.29, 0.717) is 30.9 Å². The van der Waals surface area contributed by atoms with Crippen LogP contribution in [-0.2, 0) is 9.36 Å². The summed E-state index contributed by atoms with van der Waals surface area (Å²) >= 11 is 5.98. The number of ether oxygens (including phenoxy) is 2. The monoisotopic (exact) mass is 777 g/mol. The first-order valence-corrected chi connectivity index (χ1v) is 17.4.